The minimum absolute atomic E-state index is 0.0820. The Morgan fingerprint density at radius 1 is 1.47 bits per heavy atom. The van der Waals surface area contributed by atoms with Crippen molar-refractivity contribution in [2.24, 2.45) is 0 Å². The second-order valence-corrected chi connectivity index (χ2v) is 3.29. The van der Waals surface area contributed by atoms with Gasteiger partial charge in [0.25, 0.3) is 0 Å². The van der Waals surface area contributed by atoms with Crippen molar-refractivity contribution in [1.29, 1.82) is 0 Å². The predicted molar refractivity (Wildman–Crippen MR) is 50.5 cm³/mol. The van der Waals surface area contributed by atoms with E-state index in [0.29, 0.717) is 6.54 Å². The van der Waals surface area contributed by atoms with Crippen LogP contribution in [0.4, 0.5) is 13.2 Å². The van der Waals surface area contributed by atoms with Crippen molar-refractivity contribution in [1.82, 2.24) is 14.9 Å². The van der Waals surface area contributed by atoms with Crippen LogP contribution in [0, 0.1) is 0 Å². The van der Waals surface area contributed by atoms with E-state index in [9.17, 15) is 13.2 Å². The molecule has 1 aromatic heterocycles. The summed E-state index contributed by atoms with van der Waals surface area (Å²) in [4.78, 5) is 3.70. The van der Waals surface area contributed by atoms with Crippen LogP contribution in [-0.4, -0.2) is 29.3 Å². The Kier molecular flexibility index (Phi) is 4.14. The average Bonchev–Trinajstić information content (AvgIpc) is 2.50. The third kappa shape index (κ3) is 4.33. The normalized spacial score (nSPS) is 12.0. The number of alkyl halides is 3. The highest BCUT2D eigenvalue weighted by Gasteiger charge is 2.29. The molecule has 0 aliphatic heterocycles. The smallest absolute Gasteiger partial charge is 0.335 e. The van der Waals surface area contributed by atoms with E-state index in [1.54, 1.807) is 10.8 Å². The van der Waals surface area contributed by atoms with Gasteiger partial charge in [0.1, 0.15) is 12.2 Å². The van der Waals surface area contributed by atoms with Crippen molar-refractivity contribution in [3.63, 3.8) is 0 Å². The molecule has 0 aromatic carbocycles. The minimum Gasteiger partial charge on any atom is -0.335 e. The third-order valence-electron chi connectivity index (χ3n) is 1.99. The summed E-state index contributed by atoms with van der Waals surface area (Å²) in [6, 6.07) is 0. The van der Waals surface area contributed by atoms with Crippen LogP contribution in [-0.2, 0) is 13.0 Å². The highest BCUT2D eigenvalue weighted by atomic mass is 19.4. The first kappa shape index (κ1) is 12.0. The van der Waals surface area contributed by atoms with E-state index in [-0.39, 0.29) is 5.82 Å². The Morgan fingerprint density at radius 2 is 2.20 bits per heavy atom. The Morgan fingerprint density at radius 3 is 2.80 bits per heavy atom. The van der Waals surface area contributed by atoms with Gasteiger partial charge in [-0.25, -0.2) is 4.98 Å². The fraction of sp³-hybridized carbons (Fsp3) is 0.667. The lowest BCUT2D eigenvalue weighted by Crippen LogP contribution is -2.17. The van der Waals surface area contributed by atoms with Gasteiger partial charge in [-0.15, -0.1) is 0 Å². The van der Waals surface area contributed by atoms with E-state index in [1.807, 2.05) is 7.05 Å². The summed E-state index contributed by atoms with van der Waals surface area (Å²) < 4.78 is 37.9. The summed E-state index contributed by atoms with van der Waals surface area (Å²) in [6.07, 6.45) is -1.37. The standard InChI is InChI=1S/C9H14F3N3/c1-13-3-2-5-15-6-4-14-8(15)7-9(10,11)12/h4,6,13H,2-3,5,7H2,1H3. The zero-order chi connectivity index (χ0) is 11.3. The van der Waals surface area contributed by atoms with Gasteiger partial charge in [-0.3, -0.25) is 0 Å². The molecule has 0 radical (unpaired) electrons. The molecule has 0 aliphatic carbocycles. The molecule has 0 saturated carbocycles. The number of nitrogens with one attached hydrogen (secondary N) is 1. The van der Waals surface area contributed by atoms with E-state index in [0.717, 1.165) is 13.0 Å². The zero-order valence-electron chi connectivity index (χ0n) is 8.51. The Bertz CT molecular complexity index is 293. The van der Waals surface area contributed by atoms with Gasteiger partial charge in [0.15, 0.2) is 0 Å². The Labute approximate surface area is 86.3 Å². The van der Waals surface area contributed by atoms with E-state index < -0.39 is 12.6 Å². The number of hydrogen-bond acceptors (Lipinski definition) is 2. The molecule has 0 fully saturated rings. The number of nitrogens with zero attached hydrogens (tertiary/aromatic N) is 2. The second-order valence-electron chi connectivity index (χ2n) is 3.29. The topological polar surface area (TPSA) is 29.9 Å². The van der Waals surface area contributed by atoms with Crippen molar-refractivity contribution in [2.75, 3.05) is 13.6 Å². The van der Waals surface area contributed by atoms with Crippen LogP contribution in [0.25, 0.3) is 0 Å². The molecule has 0 saturated heterocycles. The summed E-state index contributed by atoms with van der Waals surface area (Å²) in [6.45, 7) is 1.34. The maximum Gasteiger partial charge on any atom is 0.396 e. The number of hydrogen-bond donors (Lipinski definition) is 1. The van der Waals surface area contributed by atoms with Gasteiger partial charge < -0.3 is 9.88 Å². The second kappa shape index (κ2) is 5.16. The van der Waals surface area contributed by atoms with Crippen molar-refractivity contribution < 1.29 is 13.2 Å². The molecule has 1 N–H and O–H groups in total. The van der Waals surface area contributed by atoms with Crippen molar-refractivity contribution >= 4 is 0 Å². The molecule has 1 aromatic rings. The third-order valence-corrected chi connectivity index (χ3v) is 1.99. The van der Waals surface area contributed by atoms with Crippen molar-refractivity contribution in [2.45, 2.75) is 25.6 Å². The SMILES string of the molecule is CNCCCn1ccnc1CC(F)(F)F. The van der Waals surface area contributed by atoms with Gasteiger partial charge in [0, 0.05) is 18.9 Å². The van der Waals surface area contributed by atoms with Gasteiger partial charge in [-0.05, 0) is 20.0 Å². The lowest BCUT2D eigenvalue weighted by atomic mass is 10.3. The number of aryl methyl sites for hydroxylation is 1. The first-order valence-corrected chi connectivity index (χ1v) is 4.74. The van der Waals surface area contributed by atoms with Crippen LogP contribution >= 0.6 is 0 Å². The number of halogens is 3. The molecule has 15 heavy (non-hydrogen) atoms. The van der Waals surface area contributed by atoms with E-state index >= 15 is 0 Å². The van der Waals surface area contributed by atoms with Crippen molar-refractivity contribution in [3.8, 4) is 0 Å². The molecule has 0 spiro atoms. The Hall–Kier alpha value is -1.04. The van der Waals surface area contributed by atoms with Crippen LogP contribution in [0.5, 0.6) is 0 Å². The van der Waals surface area contributed by atoms with Crippen LogP contribution in [0.2, 0.25) is 0 Å². The molecule has 0 unspecified atom stereocenters. The van der Waals surface area contributed by atoms with E-state index in [2.05, 4.69) is 10.3 Å². The van der Waals surface area contributed by atoms with Gasteiger partial charge in [0.2, 0.25) is 0 Å². The average molecular weight is 221 g/mol. The fourth-order valence-corrected chi connectivity index (χ4v) is 1.32. The van der Waals surface area contributed by atoms with Gasteiger partial charge in [-0.1, -0.05) is 0 Å². The summed E-state index contributed by atoms with van der Waals surface area (Å²) in [7, 11) is 1.81. The van der Waals surface area contributed by atoms with Crippen LogP contribution in [0.15, 0.2) is 12.4 Å². The first-order valence-electron chi connectivity index (χ1n) is 4.74. The Balaban J connectivity index is 2.53. The van der Waals surface area contributed by atoms with Crippen molar-refractivity contribution in [3.05, 3.63) is 18.2 Å². The molecule has 0 atom stereocenters. The molecule has 1 heterocycles. The first-order chi connectivity index (χ1) is 7.03. The van der Waals surface area contributed by atoms with Gasteiger partial charge >= 0.3 is 6.18 Å². The molecule has 86 valence electrons. The fourth-order valence-electron chi connectivity index (χ4n) is 1.32. The predicted octanol–water partition coefficient (Wildman–Crippen LogP) is 1.60. The molecule has 3 nitrogen and oxygen atoms in total. The van der Waals surface area contributed by atoms with Gasteiger partial charge in [-0.2, -0.15) is 13.2 Å². The highest BCUT2D eigenvalue weighted by molar-refractivity contribution is 4.94. The molecular weight excluding hydrogens is 207 g/mol. The zero-order valence-corrected chi connectivity index (χ0v) is 8.51. The van der Waals surface area contributed by atoms with E-state index in [1.165, 1.54) is 6.20 Å². The lowest BCUT2D eigenvalue weighted by molar-refractivity contribution is -0.129. The molecular formula is C9H14F3N3. The molecule has 0 bridgehead atoms. The maximum absolute atomic E-state index is 12.1. The summed E-state index contributed by atoms with van der Waals surface area (Å²) in [5.74, 6) is 0.0820. The summed E-state index contributed by atoms with van der Waals surface area (Å²) in [5, 5.41) is 2.94. The van der Waals surface area contributed by atoms with Crippen LogP contribution < -0.4 is 5.32 Å². The molecule has 6 heteroatoms. The summed E-state index contributed by atoms with van der Waals surface area (Å²) >= 11 is 0. The number of aromatic nitrogens is 2. The summed E-state index contributed by atoms with van der Waals surface area (Å²) in [5.41, 5.74) is 0. The molecule has 0 amide bonds. The lowest BCUT2D eigenvalue weighted by Gasteiger charge is -2.09. The van der Waals surface area contributed by atoms with Gasteiger partial charge in [0.05, 0.1) is 0 Å². The monoisotopic (exact) mass is 221 g/mol. The molecule has 0 aliphatic rings. The minimum atomic E-state index is -4.19. The largest absolute Gasteiger partial charge is 0.396 e. The number of imidazole rings is 1. The maximum atomic E-state index is 12.1. The van der Waals surface area contributed by atoms with E-state index in [4.69, 9.17) is 0 Å². The number of rotatable bonds is 5. The quantitative estimate of drug-likeness (QED) is 0.765. The van der Waals surface area contributed by atoms with Crippen LogP contribution in [0.3, 0.4) is 0 Å². The highest BCUT2D eigenvalue weighted by Crippen LogP contribution is 2.20. The molecule has 1 rings (SSSR count). The van der Waals surface area contributed by atoms with Crippen LogP contribution in [0.1, 0.15) is 12.2 Å².